The van der Waals surface area contributed by atoms with Crippen LogP contribution in [0.5, 0.6) is 0 Å². The maximum absolute atomic E-state index is 10.8. The summed E-state index contributed by atoms with van der Waals surface area (Å²) < 4.78 is 1.35. The highest BCUT2D eigenvalue weighted by atomic mass is 16.6. The summed E-state index contributed by atoms with van der Waals surface area (Å²) in [4.78, 5) is 20.7. The van der Waals surface area contributed by atoms with Crippen molar-refractivity contribution in [3.8, 4) is 0 Å². The zero-order valence-electron chi connectivity index (χ0n) is 8.14. The molecule has 0 fully saturated rings. The summed E-state index contributed by atoms with van der Waals surface area (Å²) in [5.74, 6) is 4.35. The Morgan fingerprint density at radius 2 is 2.47 bits per heavy atom. The van der Waals surface area contributed by atoms with E-state index >= 15 is 0 Å². The van der Waals surface area contributed by atoms with Gasteiger partial charge in [0.1, 0.15) is 0 Å². The number of rotatable bonds is 4. The summed E-state index contributed by atoms with van der Waals surface area (Å²) >= 11 is 0. The number of nitrogens with two attached hydrogens (primary N) is 1. The van der Waals surface area contributed by atoms with E-state index in [-0.39, 0.29) is 24.7 Å². The Balaban J connectivity index is 2.67. The largest absolute Gasteiger partial charge is 0.392 e. The van der Waals surface area contributed by atoms with Gasteiger partial charge in [0.05, 0.1) is 23.4 Å². The van der Waals surface area contributed by atoms with E-state index in [1.807, 2.05) is 5.43 Å². The fourth-order valence-corrected chi connectivity index (χ4v) is 1.09. The van der Waals surface area contributed by atoms with Gasteiger partial charge in [-0.25, -0.2) is 5.84 Å². The molecule has 8 nitrogen and oxygen atoms in total. The van der Waals surface area contributed by atoms with Gasteiger partial charge in [-0.1, -0.05) is 0 Å². The van der Waals surface area contributed by atoms with Gasteiger partial charge in [-0.05, 0) is 11.8 Å². The van der Waals surface area contributed by atoms with Crippen molar-refractivity contribution < 1.29 is 9.72 Å². The predicted molar refractivity (Wildman–Crippen MR) is 50.6 cm³/mol. The third-order valence-electron chi connectivity index (χ3n) is 1.82. The number of hydrazine groups is 1. The Bertz CT molecular complexity index is 386. The molecule has 0 aliphatic rings. The molecular formula is C7H11N5O3. The van der Waals surface area contributed by atoms with Crippen LogP contribution in [-0.2, 0) is 11.3 Å². The number of aromatic nitrogens is 2. The lowest BCUT2D eigenvalue weighted by Gasteiger charge is -1.96. The smallest absolute Gasteiger partial charge is 0.358 e. The van der Waals surface area contributed by atoms with Crippen LogP contribution in [0.25, 0.3) is 0 Å². The second kappa shape index (κ2) is 4.51. The Labute approximate surface area is 85.2 Å². The van der Waals surface area contributed by atoms with Gasteiger partial charge < -0.3 is 10.1 Å². The summed E-state index contributed by atoms with van der Waals surface area (Å²) in [6, 6.07) is 0. The SMILES string of the molecule is Cc1cn(CCC(=O)NN)nc1[N+](=O)[O-]. The molecule has 3 N–H and O–H groups in total. The lowest BCUT2D eigenvalue weighted by Crippen LogP contribution is -2.30. The number of carbonyl (C=O) groups is 1. The first-order valence-electron chi connectivity index (χ1n) is 4.22. The molecule has 1 aromatic rings. The van der Waals surface area contributed by atoms with E-state index in [0.29, 0.717) is 5.56 Å². The summed E-state index contributed by atoms with van der Waals surface area (Å²) in [5.41, 5.74) is 2.43. The van der Waals surface area contributed by atoms with Crippen LogP contribution in [0.15, 0.2) is 6.20 Å². The van der Waals surface area contributed by atoms with E-state index in [1.165, 1.54) is 10.9 Å². The molecule has 82 valence electrons. The van der Waals surface area contributed by atoms with Crippen LogP contribution in [0.2, 0.25) is 0 Å². The van der Waals surface area contributed by atoms with Gasteiger partial charge in [0.15, 0.2) is 0 Å². The third-order valence-corrected chi connectivity index (χ3v) is 1.82. The van der Waals surface area contributed by atoms with Crippen LogP contribution in [0.4, 0.5) is 5.82 Å². The number of carbonyl (C=O) groups excluding carboxylic acids is 1. The van der Waals surface area contributed by atoms with Gasteiger partial charge in [-0.2, -0.15) is 4.68 Å². The average molecular weight is 213 g/mol. The number of nitrogens with one attached hydrogen (secondary N) is 1. The Hall–Kier alpha value is -1.96. The molecule has 15 heavy (non-hydrogen) atoms. The van der Waals surface area contributed by atoms with Gasteiger partial charge >= 0.3 is 5.82 Å². The zero-order valence-corrected chi connectivity index (χ0v) is 8.14. The Kier molecular flexibility index (Phi) is 3.34. The van der Waals surface area contributed by atoms with E-state index in [4.69, 9.17) is 5.84 Å². The Morgan fingerprint density at radius 1 is 1.80 bits per heavy atom. The molecule has 0 bridgehead atoms. The summed E-state index contributed by atoms with van der Waals surface area (Å²) in [5, 5.41) is 14.2. The normalized spacial score (nSPS) is 10.0. The molecule has 0 radical (unpaired) electrons. The summed E-state index contributed by atoms with van der Waals surface area (Å²) in [6.07, 6.45) is 1.65. The molecule has 0 aromatic carbocycles. The fraction of sp³-hybridized carbons (Fsp3) is 0.429. The van der Waals surface area contributed by atoms with Crippen molar-refractivity contribution in [2.45, 2.75) is 19.9 Å². The van der Waals surface area contributed by atoms with E-state index in [0.717, 1.165) is 0 Å². The van der Waals surface area contributed by atoms with Gasteiger partial charge in [-0.15, -0.1) is 0 Å². The van der Waals surface area contributed by atoms with Gasteiger partial charge in [-0.3, -0.25) is 10.2 Å². The van der Waals surface area contributed by atoms with Crippen molar-refractivity contribution in [2.75, 3.05) is 0 Å². The molecule has 0 saturated carbocycles. The molecule has 1 amide bonds. The molecule has 0 aliphatic heterocycles. The van der Waals surface area contributed by atoms with Gasteiger partial charge in [0.25, 0.3) is 0 Å². The van der Waals surface area contributed by atoms with E-state index in [9.17, 15) is 14.9 Å². The first-order valence-corrected chi connectivity index (χ1v) is 4.22. The van der Waals surface area contributed by atoms with Crippen LogP contribution in [-0.4, -0.2) is 20.6 Å². The number of aryl methyl sites for hydroxylation is 2. The molecule has 8 heteroatoms. The van der Waals surface area contributed by atoms with Crippen LogP contribution in [0.3, 0.4) is 0 Å². The number of nitro groups is 1. The number of nitrogens with zero attached hydrogens (tertiary/aromatic N) is 3. The first kappa shape index (κ1) is 11.1. The van der Waals surface area contributed by atoms with Crippen LogP contribution in [0, 0.1) is 17.0 Å². The minimum Gasteiger partial charge on any atom is -0.358 e. The number of amides is 1. The van der Waals surface area contributed by atoms with Crippen molar-refractivity contribution >= 4 is 11.7 Å². The zero-order chi connectivity index (χ0) is 11.4. The second-order valence-corrected chi connectivity index (χ2v) is 2.97. The van der Waals surface area contributed by atoms with Crippen molar-refractivity contribution in [2.24, 2.45) is 5.84 Å². The van der Waals surface area contributed by atoms with Gasteiger partial charge in [0.2, 0.25) is 5.91 Å². The minimum atomic E-state index is -0.561. The molecule has 0 atom stereocenters. The standard InChI is InChI=1S/C7H11N5O3/c1-5-4-11(3-2-6(13)9-8)10-7(5)12(14)15/h4H,2-3,8H2,1H3,(H,9,13). The minimum absolute atomic E-state index is 0.134. The molecule has 0 saturated heterocycles. The number of hydrogen-bond donors (Lipinski definition) is 2. The highest BCUT2D eigenvalue weighted by Crippen LogP contribution is 2.13. The maximum atomic E-state index is 10.8. The maximum Gasteiger partial charge on any atom is 0.392 e. The van der Waals surface area contributed by atoms with Crippen LogP contribution in [0.1, 0.15) is 12.0 Å². The topological polar surface area (TPSA) is 116 Å². The lowest BCUT2D eigenvalue weighted by molar-refractivity contribution is -0.390. The highest BCUT2D eigenvalue weighted by Gasteiger charge is 2.16. The predicted octanol–water partition coefficient (Wildman–Crippen LogP) is -0.520. The lowest BCUT2D eigenvalue weighted by atomic mass is 10.4. The summed E-state index contributed by atoms with van der Waals surface area (Å²) in [7, 11) is 0. The second-order valence-electron chi connectivity index (χ2n) is 2.97. The van der Waals surface area contributed by atoms with E-state index in [2.05, 4.69) is 5.10 Å². The van der Waals surface area contributed by atoms with Crippen molar-refractivity contribution in [1.82, 2.24) is 15.2 Å². The van der Waals surface area contributed by atoms with Crippen molar-refractivity contribution in [3.05, 3.63) is 21.9 Å². The molecule has 1 rings (SSSR count). The molecular weight excluding hydrogens is 202 g/mol. The van der Waals surface area contributed by atoms with E-state index in [1.54, 1.807) is 6.92 Å². The molecule has 0 spiro atoms. The monoisotopic (exact) mass is 213 g/mol. The molecule has 0 aliphatic carbocycles. The van der Waals surface area contributed by atoms with Crippen LogP contribution >= 0.6 is 0 Å². The highest BCUT2D eigenvalue weighted by molar-refractivity contribution is 5.74. The third kappa shape index (κ3) is 2.74. The van der Waals surface area contributed by atoms with Crippen molar-refractivity contribution in [1.29, 1.82) is 0 Å². The molecule has 1 aromatic heterocycles. The Morgan fingerprint density at radius 3 is 2.93 bits per heavy atom. The average Bonchev–Trinajstić information content (AvgIpc) is 2.56. The number of hydrogen-bond acceptors (Lipinski definition) is 5. The van der Waals surface area contributed by atoms with E-state index < -0.39 is 4.92 Å². The van der Waals surface area contributed by atoms with Crippen LogP contribution < -0.4 is 11.3 Å². The molecule has 1 heterocycles. The van der Waals surface area contributed by atoms with Gasteiger partial charge in [0, 0.05) is 6.42 Å². The van der Waals surface area contributed by atoms with Crippen molar-refractivity contribution in [3.63, 3.8) is 0 Å². The summed E-state index contributed by atoms with van der Waals surface area (Å²) in [6.45, 7) is 1.85. The molecule has 0 unspecified atom stereocenters. The first-order chi connectivity index (χ1) is 7.04. The fourth-order valence-electron chi connectivity index (χ4n) is 1.09. The quantitative estimate of drug-likeness (QED) is 0.302.